The average Bonchev–Trinajstić information content (AvgIpc) is 2.97. The molecule has 1 heterocycles. The van der Waals surface area contributed by atoms with Gasteiger partial charge in [-0.3, -0.25) is 14.4 Å². The Labute approximate surface area is 165 Å². The third-order valence-electron chi connectivity index (χ3n) is 4.01. The summed E-state index contributed by atoms with van der Waals surface area (Å²) in [6, 6.07) is 12.4. The Kier molecular flexibility index (Phi) is 5.70. The molecule has 0 spiro atoms. The quantitative estimate of drug-likeness (QED) is 0.686. The monoisotopic (exact) mass is 397 g/mol. The Morgan fingerprint density at radius 2 is 1.86 bits per heavy atom. The molecule has 2 amide bonds. The maximum Gasteiger partial charge on any atom is 0.325 e. The lowest BCUT2D eigenvalue weighted by Gasteiger charge is -2.05. The van der Waals surface area contributed by atoms with Crippen molar-refractivity contribution in [3.8, 4) is 0 Å². The van der Waals surface area contributed by atoms with E-state index in [-0.39, 0.29) is 12.5 Å². The van der Waals surface area contributed by atoms with Crippen LogP contribution in [0.4, 0.5) is 5.69 Å². The second kappa shape index (κ2) is 8.18. The number of hydrogen-bond acceptors (Lipinski definition) is 5. The van der Waals surface area contributed by atoms with Crippen molar-refractivity contribution in [2.45, 2.75) is 20.4 Å². The highest BCUT2D eigenvalue weighted by Crippen LogP contribution is 2.22. The van der Waals surface area contributed by atoms with E-state index in [0.29, 0.717) is 16.1 Å². The molecule has 8 heteroatoms. The largest absolute Gasteiger partial charge is 0.468 e. The third kappa shape index (κ3) is 4.34. The molecule has 0 aliphatic carbocycles. The van der Waals surface area contributed by atoms with Crippen LogP contribution in [0.3, 0.4) is 0 Å². The van der Waals surface area contributed by atoms with Gasteiger partial charge in [-0.25, -0.2) is 0 Å². The number of aromatic nitrogens is 1. The lowest BCUT2D eigenvalue weighted by Crippen LogP contribution is -2.22. The summed E-state index contributed by atoms with van der Waals surface area (Å²) in [5.41, 5.74) is 2.86. The van der Waals surface area contributed by atoms with Crippen LogP contribution in [0.1, 0.15) is 22.8 Å². The molecule has 0 aliphatic heterocycles. The van der Waals surface area contributed by atoms with Crippen molar-refractivity contribution in [1.29, 1.82) is 0 Å². The van der Waals surface area contributed by atoms with Gasteiger partial charge in [-0.1, -0.05) is 29.0 Å². The number of nitrogens with one attached hydrogen (secondary N) is 1. The van der Waals surface area contributed by atoms with E-state index in [4.69, 9.17) is 4.74 Å². The van der Waals surface area contributed by atoms with E-state index in [0.717, 1.165) is 15.8 Å². The highest BCUT2D eigenvalue weighted by Gasteiger charge is 2.13. The molecule has 144 valence electrons. The molecule has 7 nitrogen and oxygen atoms in total. The molecule has 0 saturated carbocycles. The van der Waals surface area contributed by atoms with Crippen molar-refractivity contribution >= 4 is 45.0 Å². The van der Waals surface area contributed by atoms with E-state index in [1.165, 1.54) is 25.4 Å². The predicted molar refractivity (Wildman–Crippen MR) is 107 cm³/mol. The van der Waals surface area contributed by atoms with E-state index in [2.05, 4.69) is 10.3 Å². The molecule has 3 rings (SSSR count). The van der Waals surface area contributed by atoms with Crippen LogP contribution in [0.5, 0.6) is 0 Å². The number of amides is 2. The number of carbonyl (C=O) groups is 3. The molecule has 1 aromatic heterocycles. The molecule has 0 unspecified atom stereocenters. The molecule has 28 heavy (non-hydrogen) atoms. The van der Waals surface area contributed by atoms with Gasteiger partial charge in [0.2, 0.25) is 5.91 Å². The summed E-state index contributed by atoms with van der Waals surface area (Å²) in [5.74, 6) is -1.03. The molecular weight excluding hydrogens is 378 g/mol. The van der Waals surface area contributed by atoms with Crippen molar-refractivity contribution in [3.63, 3.8) is 0 Å². The van der Waals surface area contributed by atoms with E-state index in [1.807, 2.05) is 19.1 Å². The predicted octanol–water partition coefficient (Wildman–Crippen LogP) is 2.88. The Morgan fingerprint density at radius 3 is 2.50 bits per heavy atom. The fourth-order valence-corrected chi connectivity index (χ4v) is 3.70. The van der Waals surface area contributed by atoms with Crippen molar-refractivity contribution in [2.24, 2.45) is 4.99 Å². The second-order valence-electron chi connectivity index (χ2n) is 6.19. The zero-order valence-electron chi connectivity index (χ0n) is 15.7. The van der Waals surface area contributed by atoms with Gasteiger partial charge in [-0.2, -0.15) is 4.99 Å². The number of nitrogens with zero attached hydrogens (tertiary/aromatic N) is 2. The van der Waals surface area contributed by atoms with Crippen molar-refractivity contribution in [1.82, 2.24) is 4.57 Å². The van der Waals surface area contributed by atoms with E-state index in [9.17, 15) is 14.4 Å². The molecule has 0 aliphatic rings. The number of rotatable bonds is 4. The van der Waals surface area contributed by atoms with Crippen molar-refractivity contribution < 1.29 is 19.1 Å². The van der Waals surface area contributed by atoms with Crippen LogP contribution in [0.25, 0.3) is 10.2 Å². The summed E-state index contributed by atoms with van der Waals surface area (Å²) in [6.07, 6.45) is 0. The summed E-state index contributed by atoms with van der Waals surface area (Å²) in [6.45, 7) is 3.29. The summed E-state index contributed by atoms with van der Waals surface area (Å²) in [5, 5.41) is 2.72. The molecule has 0 fully saturated rings. The van der Waals surface area contributed by atoms with Gasteiger partial charge in [-0.15, -0.1) is 0 Å². The SMILES string of the molecule is COC(=O)Cn1c(=NC(=O)c2ccc(C)cc2)sc2cc(NC(C)=O)ccc21. The Balaban J connectivity index is 2.11. The lowest BCUT2D eigenvalue weighted by atomic mass is 10.1. The van der Waals surface area contributed by atoms with Crippen molar-refractivity contribution in [3.05, 3.63) is 58.4 Å². The number of anilines is 1. The highest BCUT2D eigenvalue weighted by molar-refractivity contribution is 7.16. The maximum absolute atomic E-state index is 12.6. The lowest BCUT2D eigenvalue weighted by molar-refractivity contribution is -0.141. The van der Waals surface area contributed by atoms with Crippen LogP contribution in [0.15, 0.2) is 47.5 Å². The first kappa shape index (κ1) is 19.5. The number of esters is 1. The maximum atomic E-state index is 12.6. The number of aryl methyl sites for hydroxylation is 1. The summed E-state index contributed by atoms with van der Waals surface area (Å²) < 4.78 is 7.19. The van der Waals surface area contributed by atoms with Gasteiger partial charge in [0.25, 0.3) is 5.91 Å². The number of fused-ring (bicyclic) bond motifs is 1. The highest BCUT2D eigenvalue weighted by atomic mass is 32.1. The molecule has 0 bridgehead atoms. The number of carbonyl (C=O) groups excluding carboxylic acids is 3. The van der Waals surface area contributed by atoms with Gasteiger partial charge in [0, 0.05) is 18.2 Å². The summed E-state index contributed by atoms with van der Waals surface area (Å²) in [4.78, 5) is 40.3. The van der Waals surface area contributed by atoms with Crippen LogP contribution in [-0.2, 0) is 20.9 Å². The summed E-state index contributed by atoms with van der Waals surface area (Å²) >= 11 is 1.26. The first-order chi connectivity index (χ1) is 13.4. The molecule has 3 aromatic rings. The second-order valence-corrected chi connectivity index (χ2v) is 7.20. The summed E-state index contributed by atoms with van der Waals surface area (Å²) in [7, 11) is 1.31. The standard InChI is InChI=1S/C20H19N3O4S/c1-12-4-6-14(7-5-12)19(26)22-20-23(11-18(25)27-3)16-9-8-15(21-13(2)24)10-17(16)28-20/h4-10H,11H2,1-3H3,(H,21,24). The Morgan fingerprint density at radius 1 is 1.14 bits per heavy atom. The minimum absolute atomic E-state index is 0.0734. The van der Waals surface area contributed by atoms with Gasteiger partial charge in [0.15, 0.2) is 4.80 Å². The minimum atomic E-state index is -0.449. The number of methoxy groups -OCH3 is 1. The Bertz CT molecular complexity index is 1130. The van der Waals surface area contributed by atoms with Crippen LogP contribution in [0.2, 0.25) is 0 Å². The normalized spacial score (nSPS) is 11.5. The smallest absolute Gasteiger partial charge is 0.325 e. The first-order valence-electron chi connectivity index (χ1n) is 8.51. The number of benzene rings is 2. The van der Waals surface area contributed by atoms with Gasteiger partial charge in [0.05, 0.1) is 17.3 Å². The molecule has 2 aromatic carbocycles. The minimum Gasteiger partial charge on any atom is -0.468 e. The van der Waals surface area contributed by atoms with Gasteiger partial charge < -0.3 is 14.6 Å². The van der Waals surface area contributed by atoms with E-state index >= 15 is 0 Å². The third-order valence-corrected chi connectivity index (χ3v) is 5.05. The average molecular weight is 397 g/mol. The zero-order valence-corrected chi connectivity index (χ0v) is 16.5. The number of thiazole rings is 1. The number of hydrogen-bond donors (Lipinski definition) is 1. The van der Waals surface area contributed by atoms with Crippen LogP contribution in [-0.4, -0.2) is 29.5 Å². The van der Waals surface area contributed by atoms with Gasteiger partial charge >= 0.3 is 5.97 Å². The fourth-order valence-electron chi connectivity index (χ4n) is 2.63. The van der Waals surface area contributed by atoms with E-state index < -0.39 is 11.9 Å². The Hall–Kier alpha value is -3.26. The molecule has 0 radical (unpaired) electrons. The molecule has 0 saturated heterocycles. The van der Waals surface area contributed by atoms with Crippen LogP contribution in [0, 0.1) is 6.92 Å². The van der Waals surface area contributed by atoms with Gasteiger partial charge in [0.1, 0.15) is 6.54 Å². The number of ether oxygens (including phenoxy) is 1. The fraction of sp³-hybridized carbons (Fsp3) is 0.200. The zero-order chi connectivity index (χ0) is 20.3. The first-order valence-corrected chi connectivity index (χ1v) is 9.32. The molecule has 1 N–H and O–H groups in total. The molecule has 0 atom stereocenters. The van der Waals surface area contributed by atoms with Crippen LogP contribution < -0.4 is 10.1 Å². The van der Waals surface area contributed by atoms with Gasteiger partial charge in [-0.05, 0) is 37.3 Å². The van der Waals surface area contributed by atoms with Crippen molar-refractivity contribution in [2.75, 3.05) is 12.4 Å². The van der Waals surface area contributed by atoms with E-state index in [1.54, 1.807) is 34.9 Å². The molecular formula is C20H19N3O4S. The topological polar surface area (TPSA) is 89.8 Å². The van der Waals surface area contributed by atoms with Crippen LogP contribution >= 0.6 is 11.3 Å².